The topological polar surface area (TPSA) is 164 Å². The number of amides is 2. The molecule has 262 valence electrons. The van der Waals surface area contributed by atoms with Crippen LogP contribution in [0.4, 0.5) is 16.2 Å². The normalized spacial score (nSPS) is 13.0. The molecular formula is C33H48N2O12. The quantitative estimate of drug-likeness (QED) is 0.0800. The van der Waals surface area contributed by atoms with Crippen LogP contribution in [0.25, 0.3) is 0 Å². The number of aliphatic hydroxyl groups is 2. The lowest BCUT2D eigenvalue weighted by Gasteiger charge is -2.27. The maximum absolute atomic E-state index is 13.8. The predicted octanol–water partition coefficient (Wildman–Crippen LogP) is 1.60. The van der Waals surface area contributed by atoms with Crippen LogP contribution in [0.15, 0.2) is 48.5 Å². The van der Waals surface area contributed by atoms with E-state index in [1.54, 1.807) is 4.90 Å². The van der Waals surface area contributed by atoms with E-state index in [0.29, 0.717) is 52.9 Å². The molecule has 1 unspecified atom stereocenters. The summed E-state index contributed by atoms with van der Waals surface area (Å²) in [6.45, 7) is 3.42. The van der Waals surface area contributed by atoms with E-state index in [1.807, 2.05) is 48.5 Å². The molecule has 1 atom stereocenters. The third-order valence-corrected chi connectivity index (χ3v) is 6.74. The minimum Gasteiger partial charge on any atom is -0.460 e. The van der Waals surface area contributed by atoms with Crippen molar-refractivity contribution >= 4 is 23.4 Å². The standard InChI is InChI=1S/C33H48N2O12/c36-11-13-40-15-17-42-19-21-44-23-25-46-31(32(38)47-26-24-45-22-20-43-18-16-41-14-12-37)34-33(39)35-29-7-3-1-5-27(29)9-10-28-6-2-4-8-30(28)35/h1-8,31,36-37H,9-26H2,(H,34,39). The lowest BCUT2D eigenvalue weighted by atomic mass is 10.0. The van der Waals surface area contributed by atoms with Crippen molar-refractivity contribution in [1.29, 1.82) is 0 Å². The number of urea groups is 1. The molecule has 14 heteroatoms. The Morgan fingerprint density at radius 2 is 1.00 bits per heavy atom. The molecule has 14 nitrogen and oxygen atoms in total. The lowest BCUT2D eigenvalue weighted by molar-refractivity contribution is -0.161. The van der Waals surface area contributed by atoms with Crippen molar-refractivity contribution in [3.8, 4) is 0 Å². The molecule has 47 heavy (non-hydrogen) atoms. The molecule has 0 radical (unpaired) electrons. The molecule has 0 bridgehead atoms. The molecule has 0 aliphatic carbocycles. The number of fused-ring (bicyclic) bond motifs is 2. The number of esters is 1. The first-order valence-electron chi connectivity index (χ1n) is 15.9. The van der Waals surface area contributed by atoms with E-state index in [2.05, 4.69) is 5.32 Å². The van der Waals surface area contributed by atoms with Gasteiger partial charge in [-0.25, -0.2) is 9.59 Å². The number of benzene rings is 2. The minimum absolute atomic E-state index is 0.00267. The van der Waals surface area contributed by atoms with Crippen LogP contribution in [0.3, 0.4) is 0 Å². The van der Waals surface area contributed by atoms with Gasteiger partial charge in [-0.15, -0.1) is 0 Å². The van der Waals surface area contributed by atoms with Gasteiger partial charge < -0.3 is 53.4 Å². The number of aliphatic hydroxyl groups excluding tert-OH is 2. The number of rotatable bonds is 25. The first kappa shape index (κ1) is 38.3. The molecule has 1 heterocycles. The lowest BCUT2D eigenvalue weighted by Crippen LogP contribution is -2.49. The summed E-state index contributed by atoms with van der Waals surface area (Å²) in [5.41, 5.74) is 3.46. The summed E-state index contributed by atoms with van der Waals surface area (Å²) in [7, 11) is 0. The molecule has 2 aromatic carbocycles. The van der Waals surface area contributed by atoms with Gasteiger partial charge in [-0.05, 0) is 36.1 Å². The highest BCUT2D eigenvalue weighted by atomic mass is 16.6. The van der Waals surface area contributed by atoms with Gasteiger partial charge in [0.1, 0.15) is 6.61 Å². The van der Waals surface area contributed by atoms with Crippen LogP contribution in [0, 0.1) is 0 Å². The number of para-hydroxylation sites is 2. The van der Waals surface area contributed by atoms with Gasteiger partial charge >= 0.3 is 12.0 Å². The highest BCUT2D eigenvalue weighted by Crippen LogP contribution is 2.36. The first-order chi connectivity index (χ1) is 23.2. The summed E-state index contributed by atoms with van der Waals surface area (Å²) < 4.78 is 43.2. The summed E-state index contributed by atoms with van der Waals surface area (Å²) >= 11 is 0. The van der Waals surface area contributed by atoms with Crippen molar-refractivity contribution in [3.63, 3.8) is 0 Å². The van der Waals surface area contributed by atoms with Crippen molar-refractivity contribution in [2.24, 2.45) is 0 Å². The molecule has 0 fully saturated rings. The van der Waals surface area contributed by atoms with Crippen LogP contribution in [0.1, 0.15) is 11.1 Å². The summed E-state index contributed by atoms with van der Waals surface area (Å²) in [6, 6.07) is 14.8. The number of hydrogen-bond donors (Lipinski definition) is 3. The van der Waals surface area contributed by atoms with E-state index in [4.69, 9.17) is 48.1 Å². The summed E-state index contributed by atoms with van der Waals surface area (Å²) in [5, 5.41) is 20.1. The van der Waals surface area contributed by atoms with Gasteiger partial charge in [0.05, 0.1) is 110 Å². The number of carbonyl (C=O) groups excluding carboxylic acids is 2. The number of nitrogens with zero attached hydrogens (tertiary/aromatic N) is 1. The van der Waals surface area contributed by atoms with Crippen molar-refractivity contribution in [2.45, 2.75) is 19.1 Å². The Hall–Kier alpha value is -3.18. The predicted molar refractivity (Wildman–Crippen MR) is 171 cm³/mol. The SMILES string of the molecule is O=C(OCCOCCOCCOCCO)C(NC(=O)N1c2ccccc2CCc2ccccc21)OCCOCCOCCOCCO. The van der Waals surface area contributed by atoms with Gasteiger partial charge in [0.2, 0.25) is 6.23 Å². The van der Waals surface area contributed by atoms with Crippen molar-refractivity contribution < 1.29 is 57.7 Å². The van der Waals surface area contributed by atoms with Gasteiger partial charge in [0.25, 0.3) is 0 Å². The summed E-state index contributed by atoms with van der Waals surface area (Å²) in [4.78, 5) is 28.5. The maximum atomic E-state index is 13.8. The van der Waals surface area contributed by atoms with E-state index >= 15 is 0 Å². The largest absolute Gasteiger partial charge is 0.460 e. The van der Waals surface area contributed by atoms with E-state index in [0.717, 1.165) is 35.3 Å². The van der Waals surface area contributed by atoms with Gasteiger partial charge in [-0.1, -0.05) is 36.4 Å². The molecule has 2 aromatic rings. The zero-order chi connectivity index (χ0) is 33.4. The molecule has 0 spiro atoms. The van der Waals surface area contributed by atoms with Gasteiger partial charge in [0.15, 0.2) is 0 Å². The minimum atomic E-state index is -1.41. The van der Waals surface area contributed by atoms with E-state index in [-0.39, 0.29) is 52.9 Å². The van der Waals surface area contributed by atoms with Crippen LogP contribution in [0.2, 0.25) is 0 Å². The van der Waals surface area contributed by atoms with Gasteiger partial charge in [-0.2, -0.15) is 0 Å². The molecule has 3 rings (SSSR count). The molecule has 3 N–H and O–H groups in total. The summed E-state index contributed by atoms with van der Waals surface area (Å²) in [5.74, 6) is -0.776. The van der Waals surface area contributed by atoms with Crippen molar-refractivity contribution in [2.75, 3.05) is 111 Å². The molecule has 0 saturated heterocycles. The van der Waals surface area contributed by atoms with Crippen LogP contribution < -0.4 is 10.2 Å². The number of nitrogens with one attached hydrogen (secondary N) is 1. The Kier molecular flexibility index (Phi) is 19.6. The summed E-state index contributed by atoms with van der Waals surface area (Å²) in [6.07, 6.45) is 0.118. The molecule has 1 aliphatic rings. The van der Waals surface area contributed by atoms with Gasteiger partial charge in [-0.3, -0.25) is 4.90 Å². The van der Waals surface area contributed by atoms with Crippen LogP contribution in [-0.2, 0) is 55.5 Å². The van der Waals surface area contributed by atoms with Crippen LogP contribution in [-0.4, -0.2) is 134 Å². The number of aryl methyl sites for hydroxylation is 2. The Labute approximate surface area is 275 Å². The number of anilines is 2. The zero-order valence-electron chi connectivity index (χ0n) is 26.8. The van der Waals surface area contributed by atoms with Crippen molar-refractivity contribution in [3.05, 3.63) is 59.7 Å². The number of carbonyl (C=O) groups is 2. The molecule has 0 aromatic heterocycles. The average Bonchev–Trinajstić information content (AvgIpc) is 3.26. The van der Waals surface area contributed by atoms with E-state index in [9.17, 15) is 9.59 Å². The third kappa shape index (κ3) is 14.6. The first-order valence-corrected chi connectivity index (χ1v) is 15.9. The zero-order valence-corrected chi connectivity index (χ0v) is 26.8. The molecule has 2 amide bonds. The second-order valence-corrected chi connectivity index (χ2v) is 10.1. The number of ether oxygens (including phenoxy) is 8. The molecular weight excluding hydrogens is 616 g/mol. The fourth-order valence-corrected chi connectivity index (χ4v) is 4.56. The maximum Gasteiger partial charge on any atom is 0.356 e. The molecule has 1 aliphatic heterocycles. The Balaban J connectivity index is 1.52. The second kappa shape index (κ2) is 24.0. The second-order valence-electron chi connectivity index (χ2n) is 10.1. The van der Waals surface area contributed by atoms with Crippen LogP contribution in [0.5, 0.6) is 0 Å². The van der Waals surface area contributed by atoms with E-state index < -0.39 is 18.2 Å². The monoisotopic (exact) mass is 664 g/mol. The third-order valence-electron chi connectivity index (χ3n) is 6.74. The smallest absolute Gasteiger partial charge is 0.356 e. The fraction of sp³-hybridized carbons (Fsp3) is 0.576. The van der Waals surface area contributed by atoms with Crippen LogP contribution >= 0.6 is 0 Å². The highest BCUT2D eigenvalue weighted by molar-refractivity contribution is 6.02. The van der Waals surface area contributed by atoms with E-state index in [1.165, 1.54) is 0 Å². The Morgan fingerprint density at radius 3 is 1.47 bits per heavy atom. The highest BCUT2D eigenvalue weighted by Gasteiger charge is 2.30. The van der Waals surface area contributed by atoms with Gasteiger partial charge in [0, 0.05) is 0 Å². The Morgan fingerprint density at radius 1 is 0.596 bits per heavy atom. The Bertz CT molecular complexity index is 1110. The fourth-order valence-electron chi connectivity index (χ4n) is 4.56. The molecule has 0 saturated carbocycles. The number of hydrogen-bond acceptors (Lipinski definition) is 12. The van der Waals surface area contributed by atoms with Crippen molar-refractivity contribution in [1.82, 2.24) is 5.32 Å². The average molecular weight is 665 g/mol.